The maximum atomic E-state index is 12.0. The first-order valence-electron chi connectivity index (χ1n) is 8.81. The fraction of sp³-hybridized carbons (Fsp3) is 0.300. The topological polar surface area (TPSA) is 104 Å². The molecule has 0 spiro atoms. The quantitative estimate of drug-likeness (QED) is 0.391. The fourth-order valence-electron chi connectivity index (χ4n) is 2.52. The Morgan fingerprint density at radius 3 is 2.63 bits per heavy atom. The van der Waals surface area contributed by atoms with Gasteiger partial charge < -0.3 is 21.5 Å². The van der Waals surface area contributed by atoms with Crippen LogP contribution < -0.4 is 16.4 Å². The second-order valence-corrected chi connectivity index (χ2v) is 6.67. The molecular formula is C20H24ClN3O3. The molecule has 2 aromatic carbocycles. The maximum absolute atomic E-state index is 12.0. The molecule has 0 radical (unpaired) electrons. The summed E-state index contributed by atoms with van der Waals surface area (Å²) in [7, 11) is 0. The van der Waals surface area contributed by atoms with Gasteiger partial charge in [0.2, 0.25) is 11.8 Å². The minimum absolute atomic E-state index is 0.0601. The summed E-state index contributed by atoms with van der Waals surface area (Å²) in [6.07, 6.45) is 1.96. The third kappa shape index (κ3) is 7.29. The molecule has 0 fully saturated rings. The molecule has 6 nitrogen and oxygen atoms in total. The zero-order valence-electron chi connectivity index (χ0n) is 15.0. The number of carbonyl (C=O) groups is 2. The SMILES string of the molecule is N[C@@H](CCC(=O)Nc1cc(Cl)ccc1O)C(=O)NCCCc1ccccc1. The first-order chi connectivity index (χ1) is 13.0. The molecule has 2 aromatic rings. The number of aromatic hydroxyl groups is 1. The molecule has 5 N–H and O–H groups in total. The van der Waals surface area contributed by atoms with Crippen molar-refractivity contribution in [1.82, 2.24) is 5.32 Å². The van der Waals surface area contributed by atoms with Gasteiger partial charge in [0.15, 0.2) is 0 Å². The smallest absolute Gasteiger partial charge is 0.236 e. The van der Waals surface area contributed by atoms with E-state index in [2.05, 4.69) is 10.6 Å². The number of phenols is 1. The molecule has 0 aliphatic carbocycles. The number of aryl methyl sites for hydroxylation is 1. The van der Waals surface area contributed by atoms with Gasteiger partial charge in [-0.1, -0.05) is 41.9 Å². The molecule has 7 heteroatoms. The van der Waals surface area contributed by atoms with E-state index in [9.17, 15) is 14.7 Å². The number of nitrogens with two attached hydrogens (primary N) is 1. The minimum Gasteiger partial charge on any atom is -0.506 e. The van der Waals surface area contributed by atoms with Crippen LogP contribution in [0.3, 0.4) is 0 Å². The van der Waals surface area contributed by atoms with Crippen molar-refractivity contribution >= 4 is 29.1 Å². The van der Waals surface area contributed by atoms with E-state index in [1.54, 1.807) is 0 Å². The highest BCUT2D eigenvalue weighted by Crippen LogP contribution is 2.26. The van der Waals surface area contributed by atoms with Crippen molar-refractivity contribution in [2.75, 3.05) is 11.9 Å². The Balaban J connectivity index is 1.66. The molecule has 2 amide bonds. The highest BCUT2D eigenvalue weighted by atomic mass is 35.5. The highest BCUT2D eigenvalue weighted by molar-refractivity contribution is 6.31. The predicted molar refractivity (Wildman–Crippen MR) is 107 cm³/mol. The van der Waals surface area contributed by atoms with Gasteiger partial charge >= 0.3 is 0 Å². The number of halogens is 1. The molecule has 0 unspecified atom stereocenters. The van der Waals surface area contributed by atoms with Gasteiger partial charge in [-0.25, -0.2) is 0 Å². The van der Waals surface area contributed by atoms with Crippen molar-refractivity contribution in [3.8, 4) is 5.75 Å². The van der Waals surface area contributed by atoms with Crippen molar-refractivity contribution in [3.63, 3.8) is 0 Å². The van der Waals surface area contributed by atoms with Crippen molar-refractivity contribution in [3.05, 3.63) is 59.1 Å². The zero-order chi connectivity index (χ0) is 19.6. The Morgan fingerprint density at radius 2 is 1.89 bits per heavy atom. The first kappa shape index (κ1) is 20.7. The third-order valence-corrected chi connectivity index (χ3v) is 4.27. The first-order valence-corrected chi connectivity index (χ1v) is 9.19. The van der Waals surface area contributed by atoms with Gasteiger partial charge in [0.1, 0.15) is 5.75 Å². The number of phenolic OH excluding ortho intramolecular Hbond substituents is 1. The lowest BCUT2D eigenvalue weighted by Gasteiger charge is -2.13. The van der Waals surface area contributed by atoms with E-state index in [1.807, 2.05) is 30.3 Å². The van der Waals surface area contributed by atoms with Crippen LogP contribution in [0.5, 0.6) is 5.75 Å². The molecule has 0 heterocycles. The number of anilines is 1. The number of amides is 2. The summed E-state index contributed by atoms with van der Waals surface area (Å²) in [5, 5.41) is 15.4. The Bertz CT molecular complexity index is 768. The number of hydrogen-bond acceptors (Lipinski definition) is 4. The monoisotopic (exact) mass is 389 g/mol. The van der Waals surface area contributed by atoms with E-state index in [-0.39, 0.29) is 36.1 Å². The lowest BCUT2D eigenvalue weighted by molar-refractivity contribution is -0.122. The number of carbonyl (C=O) groups excluding carboxylic acids is 2. The molecule has 0 aromatic heterocycles. The normalized spacial score (nSPS) is 11.6. The molecule has 0 saturated heterocycles. The summed E-state index contributed by atoms with van der Waals surface area (Å²) in [6.45, 7) is 0.532. The molecule has 0 aliphatic rings. The summed E-state index contributed by atoms with van der Waals surface area (Å²) in [5.74, 6) is -0.699. The van der Waals surface area contributed by atoms with E-state index in [0.717, 1.165) is 12.8 Å². The van der Waals surface area contributed by atoms with Gasteiger partial charge in [0.05, 0.1) is 11.7 Å². The van der Waals surface area contributed by atoms with Gasteiger partial charge in [0, 0.05) is 18.0 Å². The van der Waals surface area contributed by atoms with Crippen LogP contribution in [-0.4, -0.2) is 29.5 Å². The van der Waals surface area contributed by atoms with Crippen molar-refractivity contribution in [1.29, 1.82) is 0 Å². The molecule has 0 saturated carbocycles. The zero-order valence-corrected chi connectivity index (χ0v) is 15.7. The average molecular weight is 390 g/mol. The summed E-state index contributed by atoms with van der Waals surface area (Å²) >= 11 is 5.83. The Kier molecular flexibility index (Phi) is 8.10. The van der Waals surface area contributed by atoms with Gasteiger partial charge in [-0.15, -0.1) is 0 Å². The van der Waals surface area contributed by atoms with Crippen LogP contribution in [0.25, 0.3) is 0 Å². The number of benzene rings is 2. The van der Waals surface area contributed by atoms with E-state index < -0.39 is 6.04 Å². The van der Waals surface area contributed by atoms with E-state index in [0.29, 0.717) is 11.6 Å². The number of hydrogen-bond donors (Lipinski definition) is 4. The van der Waals surface area contributed by atoms with Gasteiger partial charge in [-0.2, -0.15) is 0 Å². The molecule has 27 heavy (non-hydrogen) atoms. The third-order valence-electron chi connectivity index (χ3n) is 4.04. The fourth-order valence-corrected chi connectivity index (χ4v) is 2.69. The molecular weight excluding hydrogens is 366 g/mol. The lowest BCUT2D eigenvalue weighted by atomic mass is 10.1. The molecule has 2 rings (SSSR count). The largest absolute Gasteiger partial charge is 0.506 e. The summed E-state index contributed by atoms with van der Waals surface area (Å²) in [5.41, 5.74) is 7.29. The van der Waals surface area contributed by atoms with Crippen LogP contribution in [-0.2, 0) is 16.0 Å². The summed E-state index contributed by atoms with van der Waals surface area (Å²) in [4.78, 5) is 24.0. The standard InChI is InChI=1S/C20H24ClN3O3/c21-15-8-10-18(25)17(13-15)24-19(26)11-9-16(22)20(27)23-12-4-7-14-5-2-1-3-6-14/h1-3,5-6,8,10,13,16,25H,4,7,9,11-12,22H2,(H,23,27)(H,24,26)/t16-/m0/s1. The van der Waals surface area contributed by atoms with Gasteiger partial charge in [0.25, 0.3) is 0 Å². The lowest BCUT2D eigenvalue weighted by Crippen LogP contribution is -2.41. The van der Waals surface area contributed by atoms with Crippen LogP contribution >= 0.6 is 11.6 Å². The van der Waals surface area contributed by atoms with Crippen LogP contribution in [0, 0.1) is 0 Å². The predicted octanol–water partition coefficient (Wildman–Crippen LogP) is 2.84. The highest BCUT2D eigenvalue weighted by Gasteiger charge is 2.15. The van der Waals surface area contributed by atoms with E-state index >= 15 is 0 Å². The van der Waals surface area contributed by atoms with Crippen LogP contribution in [0.4, 0.5) is 5.69 Å². The van der Waals surface area contributed by atoms with Crippen LogP contribution in [0.1, 0.15) is 24.8 Å². The average Bonchev–Trinajstić information content (AvgIpc) is 2.67. The molecule has 144 valence electrons. The number of rotatable bonds is 9. The molecule has 0 bridgehead atoms. The van der Waals surface area contributed by atoms with E-state index in [4.69, 9.17) is 17.3 Å². The van der Waals surface area contributed by atoms with E-state index in [1.165, 1.54) is 23.8 Å². The Labute approximate surface area is 163 Å². The second-order valence-electron chi connectivity index (χ2n) is 6.23. The van der Waals surface area contributed by atoms with Crippen molar-refractivity contribution in [2.45, 2.75) is 31.7 Å². The number of nitrogens with one attached hydrogen (secondary N) is 2. The van der Waals surface area contributed by atoms with Crippen LogP contribution in [0.2, 0.25) is 5.02 Å². The summed E-state index contributed by atoms with van der Waals surface area (Å²) < 4.78 is 0. The van der Waals surface area contributed by atoms with Gasteiger partial charge in [-0.3, -0.25) is 9.59 Å². The van der Waals surface area contributed by atoms with Crippen LogP contribution in [0.15, 0.2) is 48.5 Å². The van der Waals surface area contributed by atoms with Crippen molar-refractivity contribution < 1.29 is 14.7 Å². The summed E-state index contributed by atoms with van der Waals surface area (Å²) in [6, 6.07) is 13.6. The Morgan fingerprint density at radius 1 is 1.15 bits per heavy atom. The molecule has 1 atom stereocenters. The minimum atomic E-state index is -0.763. The maximum Gasteiger partial charge on any atom is 0.236 e. The molecule has 0 aliphatic heterocycles. The van der Waals surface area contributed by atoms with Crippen molar-refractivity contribution in [2.24, 2.45) is 5.73 Å². The second kappa shape index (κ2) is 10.5. The Hall–Kier alpha value is -2.57. The van der Waals surface area contributed by atoms with Gasteiger partial charge in [-0.05, 0) is 43.0 Å².